The highest BCUT2D eigenvalue weighted by Gasteiger charge is 2.43. The molecule has 0 fully saturated rings. The van der Waals surface area contributed by atoms with Crippen LogP contribution in [0.4, 0.5) is 0 Å². The number of aryl methyl sites for hydroxylation is 1. The van der Waals surface area contributed by atoms with Gasteiger partial charge in [0, 0.05) is 11.6 Å². The maximum absolute atomic E-state index is 13.4. The van der Waals surface area contributed by atoms with Gasteiger partial charge in [0.15, 0.2) is 5.78 Å². The Labute approximate surface area is 138 Å². The topological polar surface area (TPSA) is 29.1 Å². The molecule has 0 spiro atoms. The monoisotopic (exact) mass is 307 g/mol. The zero-order valence-electron chi connectivity index (χ0n) is 14.0. The van der Waals surface area contributed by atoms with E-state index in [4.69, 9.17) is 0 Å². The summed E-state index contributed by atoms with van der Waals surface area (Å²) in [5.41, 5.74) is 2.87. The van der Waals surface area contributed by atoms with E-state index in [-0.39, 0.29) is 5.78 Å². The number of Topliss-reactive ketones (excluding diaryl/α,β-unsaturated/α-hetero) is 1. The SMILES string of the molecule is CC(C)NCCC1(c2ccccc2)CCc2ccccc2C1=O. The second kappa shape index (κ2) is 6.67. The van der Waals surface area contributed by atoms with Crippen molar-refractivity contribution in [2.75, 3.05) is 6.54 Å². The van der Waals surface area contributed by atoms with Crippen LogP contribution in [0.2, 0.25) is 0 Å². The molecule has 0 radical (unpaired) electrons. The van der Waals surface area contributed by atoms with E-state index >= 15 is 0 Å². The van der Waals surface area contributed by atoms with Gasteiger partial charge in [0.25, 0.3) is 0 Å². The average Bonchev–Trinajstić information content (AvgIpc) is 2.58. The van der Waals surface area contributed by atoms with Gasteiger partial charge in [0.2, 0.25) is 0 Å². The molecule has 2 aromatic carbocycles. The average molecular weight is 307 g/mol. The molecule has 0 aromatic heterocycles. The maximum atomic E-state index is 13.4. The predicted molar refractivity (Wildman–Crippen MR) is 95.0 cm³/mol. The highest BCUT2D eigenvalue weighted by molar-refractivity contribution is 6.06. The van der Waals surface area contributed by atoms with Crippen LogP contribution in [0.3, 0.4) is 0 Å². The normalized spacial score (nSPS) is 20.6. The number of hydrogen-bond acceptors (Lipinski definition) is 2. The lowest BCUT2D eigenvalue weighted by Crippen LogP contribution is -2.43. The fourth-order valence-corrected chi connectivity index (χ4v) is 3.67. The molecule has 0 heterocycles. The summed E-state index contributed by atoms with van der Waals surface area (Å²) in [4.78, 5) is 13.4. The minimum absolute atomic E-state index is 0.288. The summed E-state index contributed by atoms with van der Waals surface area (Å²) in [6, 6.07) is 18.9. The molecule has 120 valence electrons. The molecular formula is C21H25NO. The van der Waals surface area contributed by atoms with Crippen LogP contribution in [0, 0.1) is 0 Å². The number of fused-ring (bicyclic) bond motifs is 1. The number of carbonyl (C=O) groups excluding carboxylic acids is 1. The van der Waals surface area contributed by atoms with Gasteiger partial charge in [0.05, 0.1) is 5.41 Å². The molecule has 2 aromatic rings. The third kappa shape index (κ3) is 3.09. The summed E-state index contributed by atoms with van der Waals surface area (Å²) in [5, 5.41) is 3.48. The van der Waals surface area contributed by atoms with Crippen molar-refractivity contribution in [3.8, 4) is 0 Å². The Morgan fingerprint density at radius 1 is 1.04 bits per heavy atom. The molecule has 23 heavy (non-hydrogen) atoms. The summed E-state index contributed by atoms with van der Waals surface area (Å²) >= 11 is 0. The number of rotatable bonds is 5. The molecule has 1 aliphatic rings. The zero-order chi connectivity index (χ0) is 16.3. The lowest BCUT2D eigenvalue weighted by molar-refractivity contribution is 0.0848. The van der Waals surface area contributed by atoms with E-state index in [1.165, 1.54) is 5.56 Å². The second-order valence-corrected chi connectivity index (χ2v) is 6.79. The van der Waals surface area contributed by atoms with Crippen LogP contribution in [0.15, 0.2) is 54.6 Å². The molecule has 0 saturated carbocycles. The van der Waals surface area contributed by atoms with Gasteiger partial charge in [-0.1, -0.05) is 68.4 Å². The predicted octanol–water partition coefficient (Wildman–Crippen LogP) is 4.14. The summed E-state index contributed by atoms with van der Waals surface area (Å²) in [6.45, 7) is 5.15. The minimum Gasteiger partial charge on any atom is -0.314 e. The van der Waals surface area contributed by atoms with E-state index < -0.39 is 5.41 Å². The van der Waals surface area contributed by atoms with Crippen molar-refractivity contribution in [1.82, 2.24) is 5.32 Å². The summed E-state index contributed by atoms with van der Waals surface area (Å²) in [6.07, 6.45) is 2.72. The number of benzene rings is 2. The van der Waals surface area contributed by atoms with E-state index in [0.717, 1.165) is 36.9 Å². The molecule has 2 heteroatoms. The van der Waals surface area contributed by atoms with Gasteiger partial charge in [-0.15, -0.1) is 0 Å². The summed E-state index contributed by atoms with van der Waals surface area (Å²) in [7, 11) is 0. The maximum Gasteiger partial charge on any atom is 0.173 e. The Kier molecular flexibility index (Phi) is 4.63. The number of hydrogen-bond donors (Lipinski definition) is 1. The molecule has 0 saturated heterocycles. The first kappa shape index (κ1) is 15.9. The lowest BCUT2D eigenvalue weighted by atomic mass is 9.64. The molecule has 1 atom stereocenters. The molecule has 1 N–H and O–H groups in total. The van der Waals surface area contributed by atoms with Gasteiger partial charge >= 0.3 is 0 Å². The number of ketones is 1. The van der Waals surface area contributed by atoms with Gasteiger partial charge in [-0.05, 0) is 36.9 Å². The molecular weight excluding hydrogens is 282 g/mol. The van der Waals surface area contributed by atoms with Crippen molar-refractivity contribution in [1.29, 1.82) is 0 Å². The van der Waals surface area contributed by atoms with E-state index in [0.29, 0.717) is 6.04 Å². The first-order chi connectivity index (χ1) is 11.1. The van der Waals surface area contributed by atoms with Gasteiger partial charge < -0.3 is 5.32 Å². The van der Waals surface area contributed by atoms with Crippen molar-refractivity contribution in [3.63, 3.8) is 0 Å². The van der Waals surface area contributed by atoms with Crippen molar-refractivity contribution in [2.45, 2.75) is 44.6 Å². The van der Waals surface area contributed by atoms with E-state index in [2.05, 4.69) is 37.4 Å². The molecule has 1 aliphatic carbocycles. The third-order valence-corrected chi connectivity index (χ3v) is 4.95. The Morgan fingerprint density at radius 2 is 1.74 bits per heavy atom. The summed E-state index contributed by atoms with van der Waals surface area (Å²) in [5.74, 6) is 0.288. The van der Waals surface area contributed by atoms with E-state index in [1.54, 1.807) is 0 Å². The first-order valence-electron chi connectivity index (χ1n) is 8.55. The van der Waals surface area contributed by atoms with Gasteiger partial charge in [-0.25, -0.2) is 0 Å². The Balaban J connectivity index is 1.98. The molecule has 0 bridgehead atoms. The van der Waals surface area contributed by atoms with Gasteiger partial charge in [-0.3, -0.25) is 4.79 Å². The standard InChI is InChI=1S/C21H25NO/c1-16(2)22-15-14-21(18-9-4-3-5-10-18)13-12-17-8-6-7-11-19(17)20(21)23/h3-11,16,22H,12-15H2,1-2H3. The van der Waals surface area contributed by atoms with Crippen LogP contribution < -0.4 is 5.32 Å². The smallest absolute Gasteiger partial charge is 0.173 e. The molecule has 1 unspecified atom stereocenters. The quantitative estimate of drug-likeness (QED) is 0.899. The minimum atomic E-state index is -0.391. The van der Waals surface area contributed by atoms with Gasteiger partial charge in [0.1, 0.15) is 0 Å². The highest BCUT2D eigenvalue weighted by atomic mass is 16.1. The van der Waals surface area contributed by atoms with Crippen LogP contribution >= 0.6 is 0 Å². The van der Waals surface area contributed by atoms with Crippen LogP contribution in [-0.2, 0) is 11.8 Å². The summed E-state index contributed by atoms with van der Waals surface area (Å²) < 4.78 is 0. The molecule has 2 nitrogen and oxygen atoms in total. The van der Waals surface area contributed by atoms with Crippen molar-refractivity contribution < 1.29 is 4.79 Å². The van der Waals surface area contributed by atoms with Crippen molar-refractivity contribution >= 4 is 5.78 Å². The first-order valence-corrected chi connectivity index (χ1v) is 8.55. The number of nitrogens with one attached hydrogen (secondary N) is 1. The van der Waals surface area contributed by atoms with Crippen LogP contribution in [-0.4, -0.2) is 18.4 Å². The fraction of sp³-hybridized carbons (Fsp3) is 0.381. The van der Waals surface area contributed by atoms with Crippen molar-refractivity contribution in [2.24, 2.45) is 0 Å². The Hall–Kier alpha value is -1.93. The van der Waals surface area contributed by atoms with E-state index in [1.807, 2.05) is 36.4 Å². The largest absolute Gasteiger partial charge is 0.314 e. The Morgan fingerprint density at radius 3 is 2.48 bits per heavy atom. The molecule has 3 rings (SSSR count). The second-order valence-electron chi connectivity index (χ2n) is 6.79. The zero-order valence-corrected chi connectivity index (χ0v) is 14.0. The van der Waals surface area contributed by atoms with E-state index in [9.17, 15) is 4.79 Å². The van der Waals surface area contributed by atoms with Crippen LogP contribution in [0.1, 0.15) is 48.2 Å². The van der Waals surface area contributed by atoms with Crippen molar-refractivity contribution in [3.05, 3.63) is 71.3 Å². The number of carbonyl (C=O) groups is 1. The van der Waals surface area contributed by atoms with Gasteiger partial charge in [-0.2, -0.15) is 0 Å². The highest BCUT2D eigenvalue weighted by Crippen LogP contribution is 2.40. The third-order valence-electron chi connectivity index (χ3n) is 4.95. The lowest BCUT2D eigenvalue weighted by Gasteiger charge is -2.37. The Bertz CT molecular complexity index is 677. The molecule has 0 amide bonds. The molecule has 0 aliphatic heterocycles. The van der Waals surface area contributed by atoms with Crippen LogP contribution in [0.5, 0.6) is 0 Å². The van der Waals surface area contributed by atoms with Crippen LogP contribution in [0.25, 0.3) is 0 Å². The fourth-order valence-electron chi connectivity index (χ4n) is 3.67.